The second-order valence-corrected chi connectivity index (χ2v) is 6.06. The normalized spacial score (nSPS) is 30.3. The van der Waals surface area contributed by atoms with Gasteiger partial charge >= 0.3 is 0 Å². The predicted molar refractivity (Wildman–Crippen MR) is 71.6 cm³/mol. The highest BCUT2D eigenvalue weighted by atomic mass is 16.3. The van der Waals surface area contributed by atoms with E-state index >= 15 is 0 Å². The van der Waals surface area contributed by atoms with Crippen molar-refractivity contribution < 1.29 is 14.6 Å². The summed E-state index contributed by atoms with van der Waals surface area (Å²) in [4.78, 5) is 2.50. The fraction of sp³-hybridized carbons (Fsp3) is 0.733. The summed E-state index contributed by atoms with van der Waals surface area (Å²) in [5, 5.41) is 18.9. The Bertz CT molecular complexity index is 399. The van der Waals surface area contributed by atoms with E-state index < -0.39 is 0 Å². The molecule has 106 valence electrons. The molecule has 3 unspecified atom stereocenters. The summed E-state index contributed by atoms with van der Waals surface area (Å²) >= 11 is 0. The third-order valence-corrected chi connectivity index (χ3v) is 5.31. The number of aliphatic hydroxyl groups excluding tert-OH is 2. The largest absolute Gasteiger partial charge is 0.469 e. The van der Waals surface area contributed by atoms with Crippen LogP contribution < -0.4 is 0 Å². The number of nitrogens with zero attached hydrogens (tertiary/aromatic N) is 1. The number of rotatable bonds is 6. The van der Waals surface area contributed by atoms with Gasteiger partial charge < -0.3 is 14.6 Å². The molecule has 0 radical (unpaired) electrons. The van der Waals surface area contributed by atoms with Crippen LogP contribution in [0.3, 0.4) is 0 Å². The number of furan rings is 1. The van der Waals surface area contributed by atoms with Crippen LogP contribution in [-0.4, -0.2) is 47.5 Å². The Labute approximate surface area is 114 Å². The van der Waals surface area contributed by atoms with Gasteiger partial charge in [0, 0.05) is 31.0 Å². The molecule has 1 aromatic rings. The molecular formula is C15H23NO3. The quantitative estimate of drug-likeness (QED) is 0.809. The SMILES string of the molecule is CCC(Cc1ccco1)N1CC2C(C1)C2(CO)CO. The molecule has 0 spiro atoms. The molecular weight excluding hydrogens is 242 g/mol. The standard InChI is InChI=1S/C15H23NO3/c1-2-11(6-12-4-3-5-19-12)16-7-13-14(8-16)15(13,9-17)10-18/h3-5,11,13-14,17-18H,2,6-10H2,1H3. The zero-order chi connectivity index (χ0) is 13.5. The highest BCUT2D eigenvalue weighted by molar-refractivity contribution is 5.16. The average Bonchev–Trinajstić information content (AvgIpc) is 2.90. The molecule has 1 saturated carbocycles. The van der Waals surface area contributed by atoms with E-state index in [1.54, 1.807) is 6.26 Å². The fourth-order valence-electron chi connectivity index (χ4n) is 3.88. The maximum absolute atomic E-state index is 9.46. The fourth-order valence-corrected chi connectivity index (χ4v) is 3.88. The molecule has 2 heterocycles. The second kappa shape index (κ2) is 4.93. The summed E-state index contributed by atoms with van der Waals surface area (Å²) < 4.78 is 5.44. The van der Waals surface area contributed by atoms with E-state index in [4.69, 9.17) is 4.42 Å². The third-order valence-electron chi connectivity index (χ3n) is 5.31. The predicted octanol–water partition coefficient (Wildman–Crippen LogP) is 1.13. The van der Waals surface area contributed by atoms with Gasteiger partial charge in [-0.2, -0.15) is 0 Å². The molecule has 1 aliphatic carbocycles. The Morgan fingerprint density at radius 2 is 2.05 bits per heavy atom. The first-order chi connectivity index (χ1) is 9.25. The van der Waals surface area contributed by atoms with Crippen molar-refractivity contribution in [3.05, 3.63) is 24.2 Å². The highest BCUT2D eigenvalue weighted by Gasteiger charge is 2.67. The number of likely N-dealkylation sites (tertiary alicyclic amines) is 1. The third kappa shape index (κ3) is 2.02. The van der Waals surface area contributed by atoms with Gasteiger partial charge in [-0.1, -0.05) is 6.92 Å². The van der Waals surface area contributed by atoms with Gasteiger partial charge in [0.2, 0.25) is 0 Å². The topological polar surface area (TPSA) is 56.8 Å². The Morgan fingerprint density at radius 1 is 1.37 bits per heavy atom. The van der Waals surface area contributed by atoms with Crippen LogP contribution in [-0.2, 0) is 6.42 Å². The van der Waals surface area contributed by atoms with E-state index in [0.717, 1.165) is 31.7 Å². The lowest BCUT2D eigenvalue weighted by molar-refractivity contribution is 0.0765. The molecule has 3 atom stereocenters. The molecule has 1 aromatic heterocycles. The summed E-state index contributed by atoms with van der Waals surface area (Å²) in [5.41, 5.74) is -0.181. The molecule has 0 aromatic carbocycles. The highest BCUT2D eigenvalue weighted by Crippen LogP contribution is 2.62. The zero-order valence-electron chi connectivity index (χ0n) is 11.5. The van der Waals surface area contributed by atoms with E-state index in [1.165, 1.54) is 0 Å². The first-order valence-corrected chi connectivity index (χ1v) is 7.23. The zero-order valence-corrected chi connectivity index (χ0v) is 11.5. The molecule has 2 N–H and O–H groups in total. The lowest BCUT2D eigenvalue weighted by Crippen LogP contribution is -2.39. The molecule has 4 nitrogen and oxygen atoms in total. The van der Waals surface area contributed by atoms with E-state index in [2.05, 4.69) is 11.8 Å². The molecule has 0 amide bonds. The van der Waals surface area contributed by atoms with Crippen LogP contribution in [0, 0.1) is 17.3 Å². The van der Waals surface area contributed by atoms with Crippen LogP contribution in [0.15, 0.2) is 22.8 Å². The van der Waals surface area contributed by atoms with Crippen LogP contribution >= 0.6 is 0 Å². The van der Waals surface area contributed by atoms with Gasteiger partial charge in [0.15, 0.2) is 0 Å². The van der Waals surface area contributed by atoms with Gasteiger partial charge in [-0.05, 0) is 30.4 Å². The van der Waals surface area contributed by atoms with Crippen LogP contribution in [0.4, 0.5) is 0 Å². The Morgan fingerprint density at radius 3 is 2.53 bits per heavy atom. The van der Waals surface area contributed by atoms with Crippen molar-refractivity contribution in [3.63, 3.8) is 0 Å². The second-order valence-electron chi connectivity index (χ2n) is 6.06. The van der Waals surface area contributed by atoms with Gasteiger partial charge in [0.25, 0.3) is 0 Å². The van der Waals surface area contributed by atoms with Gasteiger partial charge in [-0.15, -0.1) is 0 Å². The van der Waals surface area contributed by atoms with Crippen molar-refractivity contribution in [2.24, 2.45) is 17.3 Å². The van der Waals surface area contributed by atoms with Crippen molar-refractivity contribution in [1.29, 1.82) is 0 Å². The average molecular weight is 265 g/mol. The number of fused-ring (bicyclic) bond motifs is 1. The van der Waals surface area contributed by atoms with E-state index in [0.29, 0.717) is 17.9 Å². The lowest BCUT2D eigenvalue weighted by atomic mass is 10.0. The number of aliphatic hydroxyl groups is 2. The Hall–Kier alpha value is -0.840. The smallest absolute Gasteiger partial charge is 0.105 e. The van der Waals surface area contributed by atoms with Crippen LogP contribution in [0.5, 0.6) is 0 Å². The Balaban J connectivity index is 1.60. The summed E-state index contributed by atoms with van der Waals surface area (Å²) in [7, 11) is 0. The maximum Gasteiger partial charge on any atom is 0.105 e. The minimum absolute atomic E-state index is 0.127. The van der Waals surface area contributed by atoms with Gasteiger partial charge in [0.1, 0.15) is 5.76 Å². The first-order valence-electron chi connectivity index (χ1n) is 7.23. The van der Waals surface area contributed by atoms with E-state index in [9.17, 15) is 10.2 Å². The number of piperidine rings is 1. The minimum atomic E-state index is -0.181. The molecule has 2 fully saturated rings. The van der Waals surface area contributed by atoms with Crippen molar-refractivity contribution in [2.75, 3.05) is 26.3 Å². The van der Waals surface area contributed by atoms with Gasteiger partial charge in [-0.3, -0.25) is 4.90 Å². The molecule has 0 bridgehead atoms. The molecule has 19 heavy (non-hydrogen) atoms. The number of hydrogen-bond acceptors (Lipinski definition) is 4. The Kier molecular flexibility index (Phi) is 3.41. The van der Waals surface area contributed by atoms with E-state index in [-0.39, 0.29) is 18.6 Å². The van der Waals surface area contributed by atoms with Crippen LogP contribution in [0.25, 0.3) is 0 Å². The van der Waals surface area contributed by atoms with Crippen LogP contribution in [0.2, 0.25) is 0 Å². The molecule has 1 saturated heterocycles. The maximum atomic E-state index is 9.46. The summed E-state index contributed by atoms with van der Waals surface area (Å²) in [6.07, 6.45) is 3.78. The summed E-state index contributed by atoms with van der Waals surface area (Å²) in [6, 6.07) is 4.48. The van der Waals surface area contributed by atoms with Crippen molar-refractivity contribution in [2.45, 2.75) is 25.8 Å². The number of hydrogen-bond donors (Lipinski definition) is 2. The van der Waals surface area contributed by atoms with E-state index in [1.807, 2.05) is 12.1 Å². The van der Waals surface area contributed by atoms with Gasteiger partial charge in [0.05, 0.1) is 19.5 Å². The molecule has 4 heteroatoms. The lowest BCUT2D eigenvalue weighted by Gasteiger charge is -2.30. The minimum Gasteiger partial charge on any atom is -0.469 e. The molecule has 2 aliphatic rings. The summed E-state index contributed by atoms with van der Waals surface area (Å²) in [5.74, 6) is 2.00. The van der Waals surface area contributed by atoms with Gasteiger partial charge in [-0.25, -0.2) is 0 Å². The van der Waals surface area contributed by atoms with Crippen molar-refractivity contribution in [1.82, 2.24) is 4.90 Å². The first kappa shape index (κ1) is 13.2. The van der Waals surface area contributed by atoms with Crippen molar-refractivity contribution >= 4 is 0 Å². The molecule has 1 aliphatic heterocycles. The van der Waals surface area contributed by atoms with Crippen molar-refractivity contribution in [3.8, 4) is 0 Å². The molecule has 3 rings (SSSR count). The van der Waals surface area contributed by atoms with Crippen LogP contribution in [0.1, 0.15) is 19.1 Å². The monoisotopic (exact) mass is 265 g/mol. The summed E-state index contributed by atoms with van der Waals surface area (Å²) in [6.45, 7) is 4.47.